The van der Waals surface area contributed by atoms with Crippen LogP contribution in [-0.4, -0.2) is 31.1 Å². The molecule has 0 spiro atoms. The van der Waals surface area contributed by atoms with E-state index in [1.54, 1.807) is 46.9 Å². The molecule has 0 aliphatic heterocycles. The molecular weight excluding hydrogens is 501 g/mol. The summed E-state index contributed by atoms with van der Waals surface area (Å²) in [5.41, 5.74) is 0.414. The van der Waals surface area contributed by atoms with Crippen LogP contribution >= 0.6 is 38.5 Å². The van der Waals surface area contributed by atoms with Crippen LogP contribution in [0.1, 0.15) is 30.1 Å². The normalized spacial score (nSPS) is 12.0. The molecule has 0 unspecified atom stereocenters. The summed E-state index contributed by atoms with van der Waals surface area (Å²) in [5, 5.41) is 0. The summed E-state index contributed by atoms with van der Waals surface area (Å²) < 4.78 is 37.5. The number of rotatable bonds is 8. The van der Waals surface area contributed by atoms with Crippen molar-refractivity contribution >= 4 is 50.5 Å². The largest absolute Gasteiger partial charge is 0.462 e. The van der Waals surface area contributed by atoms with E-state index in [1.165, 1.54) is 6.92 Å². The van der Waals surface area contributed by atoms with E-state index in [4.69, 9.17) is 4.74 Å². The Morgan fingerprint density at radius 1 is 1.25 bits per heavy atom. The fourth-order valence-corrected chi connectivity index (χ4v) is 2.67. The lowest BCUT2D eigenvalue weighted by Gasteiger charge is -2.11. The molecule has 0 saturated carbocycles. The van der Waals surface area contributed by atoms with Gasteiger partial charge in [-0.25, -0.2) is 9.59 Å². The zero-order valence-corrected chi connectivity index (χ0v) is 16.6. The molecule has 0 aliphatic rings. The fourth-order valence-electron chi connectivity index (χ4n) is 1.63. The zero-order valence-electron chi connectivity index (χ0n) is 12.9. The summed E-state index contributed by atoms with van der Waals surface area (Å²) >= 11 is 4.99. The molecule has 0 aliphatic carbocycles. The summed E-state index contributed by atoms with van der Waals surface area (Å²) in [6.07, 6.45) is 1.21. The van der Waals surface area contributed by atoms with Crippen molar-refractivity contribution in [2.75, 3.05) is 13.2 Å². The number of allylic oxidation sites excluding steroid dienone is 1. The van der Waals surface area contributed by atoms with Crippen LogP contribution in [0.3, 0.4) is 0 Å². The van der Waals surface area contributed by atoms with Gasteiger partial charge in [-0.15, -0.1) is 0 Å². The molecule has 0 fully saturated rings. The first-order chi connectivity index (χ1) is 11.3. The first-order valence-corrected chi connectivity index (χ1v) is 8.98. The Bertz CT molecular complexity index is 603. The van der Waals surface area contributed by atoms with Crippen molar-refractivity contribution in [3.05, 3.63) is 44.0 Å². The Labute approximate surface area is 160 Å². The van der Waals surface area contributed by atoms with Crippen LogP contribution in [0.4, 0.5) is 8.78 Å². The Morgan fingerprint density at radius 3 is 2.46 bits per heavy atom. The first-order valence-electron chi connectivity index (χ1n) is 7.11. The minimum absolute atomic E-state index is 0.0974. The van der Waals surface area contributed by atoms with Crippen molar-refractivity contribution in [1.82, 2.24) is 0 Å². The molecule has 1 rings (SSSR count). The quantitative estimate of drug-likeness (QED) is 0.280. The number of alkyl halides is 2. The number of benzene rings is 1. The smallest absolute Gasteiger partial charge is 0.381 e. The Kier molecular flexibility index (Phi) is 8.82. The SMILES string of the molecule is CCOC(=O)C(F)(F)C=C(I)CCCOC(=O)c1ccc(Br)cc1. The fraction of sp³-hybridized carbons (Fsp3) is 0.375. The Hall–Kier alpha value is -1.03. The third-order valence-corrected chi connectivity index (χ3v) is 4.14. The Balaban J connectivity index is 2.41. The molecule has 1 aromatic rings. The molecule has 0 atom stereocenters. The topological polar surface area (TPSA) is 52.6 Å². The molecule has 1 aromatic carbocycles. The summed E-state index contributed by atoms with van der Waals surface area (Å²) in [4.78, 5) is 22.9. The van der Waals surface area contributed by atoms with E-state index in [-0.39, 0.29) is 19.6 Å². The number of carbonyl (C=O) groups is 2. The minimum Gasteiger partial charge on any atom is -0.462 e. The van der Waals surface area contributed by atoms with E-state index in [0.29, 0.717) is 21.6 Å². The van der Waals surface area contributed by atoms with Gasteiger partial charge < -0.3 is 9.47 Å². The summed E-state index contributed by atoms with van der Waals surface area (Å²) in [6.45, 7) is 1.45. The molecular formula is C16H16BrF2IO4. The third kappa shape index (κ3) is 7.25. The lowest BCUT2D eigenvalue weighted by Crippen LogP contribution is -2.28. The molecule has 24 heavy (non-hydrogen) atoms. The van der Waals surface area contributed by atoms with Gasteiger partial charge in [0.2, 0.25) is 0 Å². The van der Waals surface area contributed by atoms with E-state index >= 15 is 0 Å². The number of esters is 2. The summed E-state index contributed by atoms with van der Waals surface area (Å²) in [5.74, 6) is -5.69. The van der Waals surface area contributed by atoms with Gasteiger partial charge >= 0.3 is 17.9 Å². The van der Waals surface area contributed by atoms with Gasteiger partial charge in [-0.05, 0) is 70.2 Å². The van der Waals surface area contributed by atoms with Gasteiger partial charge in [0.15, 0.2) is 0 Å². The number of ether oxygens (including phenoxy) is 2. The number of hydrogen-bond donors (Lipinski definition) is 0. The average molecular weight is 517 g/mol. The van der Waals surface area contributed by atoms with Crippen molar-refractivity contribution < 1.29 is 27.8 Å². The highest BCUT2D eigenvalue weighted by Gasteiger charge is 2.38. The van der Waals surface area contributed by atoms with Crippen molar-refractivity contribution in [2.24, 2.45) is 0 Å². The molecule has 132 valence electrons. The highest BCUT2D eigenvalue weighted by molar-refractivity contribution is 14.1. The lowest BCUT2D eigenvalue weighted by atomic mass is 10.2. The van der Waals surface area contributed by atoms with Crippen LogP contribution < -0.4 is 0 Å². The van der Waals surface area contributed by atoms with Crippen LogP contribution in [0.25, 0.3) is 0 Å². The second kappa shape index (κ2) is 10.1. The maximum absolute atomic E-state index is 13.5. The van der Waals surface area contributed by atoms with E-state index in [1.807, 2.05) is 0 Å². The molecule has 0 aromatic heterocycles. The minimum atomic E-state index is -3.65. The standard InChI is InChI=1S/C16H16BrF2IO4/c1-2-23-15(22)16(18,19)10-13(20)4-3-9-24-14(21)11-5-7-12(17)8-6-11/h5-8,10H,2-4,9H2,1H3. The molecule has 0 radical (unpaired) electrons. The van der Waals surface area contributed by atoms with Gasteiger partial charge in [-0.2, -0.15) is 8.78 Å². The van der Waals surface area contributed by atoms with Gasteiger partial charge in [0.1, 0.15) is 0 Å². The van der Waals surface area contributed by atoms with Gasteiger partial charge in [-0.1, -0.05) is 15.9 Å². The second-order valence-electron chi connectivity index (χ2n) is 4.68. The van der Waals surface area contributed by atoms with Crippen molar-refractivity contribution in [1.29, 1.82) is 0 Å². The van der Waals surface area contributed by atoms with Crippen LogP contribution in [0.15, 0.2) is 38.4 Å². The lowest BCUT2D eigenvalue weighted by molar-refractivity contribution is -0.164. The molecule has 0 N–H and O–H groups in total. The van der Waals surface area contributed by atoms with Crippen LogP contribution in [-0.2, 0) is 14.3 Å². The summed E-state index contributed by atoms with van der Waals surface area (Å²) in [6, 6.07) is 6.69. The predicted molar refractivity (Wildman–Crippen MR) is 97.3 cm³/mol. The number of carbonyl (C=O) groups excluding carboxylic acids is 2. The second-order valence-corrected chi connectivity index (χ2v) is 6.98. The number of hydrogen-bond acceptors (Lipinski definition) is 4. The maximum Gasteiger partial charge on any atom is 0.381 e. The van der Waals surface area contributed by atoms with E-state index in [0.717, 1.165) is 4.47 Å². The molecule has 4 nitrogen and oxygen atoms in total. The van der Waals surface area contributed by atoms with Crippen molar-refractivity contribution in [2.45, 2.75) is 25.7 Å². The van der Waals surface area contributed by atoms with Crippen LogP contribution in [0.2, 0.25) is 0 Å². The molecule has 0 saturated heterocycles. The first kappa shape index (κ1) is 21.0. The monoisotopic (exact) mass is 516 g/mol. The summed E-state index contributed by atoms with van der Waals surface area (Å²) in [7, 11) is 0. The highest BCUT2D eigenvalue weighted by Crippen LogP contribution is 2.25. The molecule has 0 bridgehead atoms. The molecule has 8 heteroatoms. The highest BCUT2D eigenvalue weighted by atomic mass is 127. The van der Waals surface area contributed by atoms with Crippen molar-refractivity contribution in [3.63, 3.8) is 0 Å². The third-order valence-electron chi connectivity index (χ3n) is 2.76. The van der Waals surface area contributed by atoms with Crippen molar-refractivity contribution in [3.8, 4) is 0 Å². The molecule has 0 heterocycles. The molecule has 0 amide bonds. The van der Waals surface area contributed by atoms with Gasteiger partial charge in [0.25, 0.3) is 0 Å². The maximum atomic E-state index is 13.5. The van der Waals surface area contributed by atoms with Gasteiger partial charge in [0.05, 0.1) is 18.8 Å². The van der Waals surface area contributed by atoms with E-state index in [2.05, 4.69) is 20.7 Å². The van der Waals surface area contributed by atoms with Gasteiger partial charge in [0, 0.05) is 10.5 Å². The number of halogens is 4. The van der Waals surface area contributed by atoms with Crippen LogP contribution in [0.5, 0.6) is 0 Å². The van der Waals surface area contributed by atoms with Gasteiger partial charge in [-0.3, -0.25) is 0 Å². The van der Waals surface area contributed by atoms with Crippen LogP contribution in [0, 0.1) is 0 Å². The zero-order chi connectivity index (χ0) is 18.2. The predicted octanol–water partition coefficient (Wildman–Crippen LogP) is 4.90. The average Bonchev–Trinajstić information content (AvgIpc) is 2.51. The van der Waals surface area contributed by atoms with E-state index in [9.17, 15) is 18.4 Å². The Morgan fingerprint density at radius 2 is 1.88 bits per heavy atom. The van der Waals surface area contributed by atoms with E-state index < -0.39 is 17.9 Å².